The molecule has 1 aliphatic rings. The Morgan fingerprint density at radius 1 is 1.46 bits per heavy atom. The Bertz CT molecular complexity index is 706. The van der Waals surface area contributed by atoms with Crippen molar-refractivity contribution in [1.82, 2.24) is 19.9 Å². The summed E-state index contributed by atoms with van der Waals surface area (Å²) in [5.41, 5.74) is 1.58. The number of amides is 1. The van der Waals surface area contributed by atoms with Crippen LogP contribution >= 0.6 is 0 Å². The van der Waals surface area contributed by atoms with Crippen molar-refractivity contribution < 1.29 is 9.53 Å². The molecule has 6 nitrogen and oxygen atoms in total. The van der Waals surface area contributed by atoms with E-state index in [2.05, 4.69) is 33.7 Å². The van der Waals surface area contributed by atoms with Crippen LogP contribution in [0.15, 0.2) is 24.5 Å². The number of pyridine rings is 1. The first kappa shape index (κ1) is 16.5. The minimum Gasteiger partial charge on any atom is -0.477 e. The zero-order chi connectivity index (χ0) is 17.1. The summed E-state index contributed by atoms with van der Waals surface area (Å²) in [4.78, 5) is 21.1. The summed E-state index contributed by atoms with van der Waals surface area (Å²) in [6.07, 6.45) is 5.40. The number of carbonyl (C=O) groups is 1. The fourth-order valence-electron chi connectivity index (χ4n) is 2.82. The SMILES string of the molecule is Cc1cn2c(n1)CC[C@@H](NC(=O)c1ccc(OCC(C)C)nc1)C2. The number of carbonyl (C=O) groups excluding carboxylic acids is 1. The van der Waals surface area contributed by atoms with E-state index in [4.69, 9.17) is 4.74 Å². The molecule has 2 aromatic heterocycles. The molecule has 0 radical (unpaired) electrons. The Morgan fingerprint density at radius 2 is 2.29 bits per heavy atom. The van der Waals surface area contributed by atoms with Crippen LogP contribution in [0.5, 0.6) is 5.88 Å². The van der Waals surface area contributed by atoms with E-state index in [1.807, 2.05) is 13.1 Å². The van der Waals surface area contributed by atoms with Crippen LogP contribution in [0.1, 0.15) is 42.1 Å². The predicted molar refractivity (Wildman–Crippen MR) is 91.1 cm³/mol. The minimum absolute atomic E-state index is 0.0943. The maximum absolute atomic E-state index is 12.4. The van der Waals surface area contributed by atoms with Gasteiger partial charge in [-0.25, -0.2) is 9.97 Å². The monoisotopic (exact) mass is 328 g/mol. The standard InChI is InChI=1S/C18H24N4O2/c1-12(2)11-24-17-7-4-14(8-19-17)18(23)21-15-5-6-16-20-13(3)9-22(16)10-15/h4,7-9,12,15H,5-6,10-11H2,1-3H3,(H,21,23)/t15-/m1/s1. The molecular formula is C18H24N4O2. The van der Waals surface area contributed by atoms with Crippen LogP contribution in [-0.2, 0) is 13.0 Å². The molecule has 1 N–H and O–H groups in total. The second-order valence-electron chi connectivity index (χ2n) is 6.75. The number of hydrogen-bond acceptors (Lipinski definition) is 4. The number of nitrogens with zero attached hydrogens (tertiary/aromatic N) is 3. The lowest BCUT2D eigenvalue weighted by atomic mass is 10.1. The van der Waals surface area contributed by atoms with Gasteiger partial charge in [-0.3, -0.25) is 4.79 Å². The third-order valence-electron chi connectivity index (χ3n) is 4.01. The van der Waals surface area contributed by atoms with Crippen molar-refractivity contribution in [3.8, 4) is 5.88 Å². The Hall–Kier alpha value is -2.37. The summed E-state index contributed by atoms with van der Waals surface area (Å²) >= 11 is 0. The smallest absolute Gasteiger partial charge is 0.253 e. The van der Waals surface area contributed by atoms with Gasteiger partial charge in [0.2, 0.25) is 5.88 Å². The van der Waals surface area contributed by atoms with E-state index in [1.54, 1.807) is 18.3 Å². The van der Waals surface area contributed by atoms with Crippen LogP contribution in [-0.4, -0.2) is 33.1 Å². The van der Waals surface area contributed by atoms with Crippen LogP contribution in [0.2, 0.25) is 0 Å². The quantitative estimate of drug-likeness (QED) is 0.915. The van der Waals surface area contributed by atoms with Crippen molar-refractivity contribution in [2.24, 2.45) is 5.92 Å². The van der Waals surface area contributed by atoms with Crippen molar-refractivity contribution in [1.29, 1.82) is 0 Å². The summed E-state index contributed by atoms with van der Waals surface area (Å²) in [6.45, 7) is 7.55. The second-order valence-corrected chi connectivity index (χ2v) is 6.75. The summed E-state index contributed by atoms with van der Waals surface area (Å²) < 4.78 is 7.67. The Labute approximate surface area is 142 Å². The van der Waals surface area contributed by atoms with Gasteiger partial charge in [-0.1, -0.05) is 13.8 Å². The highest BCUT2D eigenvalue weighted by atomic mass is 16.5. The van der Waals surface area contributed by atoms with E-state index >= 15 is 0 Å². The van der Waals surface area contributed by atoms with Gasteiger partial charge >= 0.3 is 0 Å². The summed E-state index contributed by atoms with van der Waals surface area (Å²) in [6, 6.07) is 3.62. The van der Waals surface area contributed by atoms with E-state index in [9.17, 15) is 4.79 Å². The average molecular weight is 328 g/mol. The number of rotatable bonds is 5. The van der Waals surface area contributed by atoms with Gasteiger partial charge in [-0.15, -0.1) is 0 Å². The van der Waals surface area contributed by atoms with Crippen LogP contribution in [0.3, 0.4) is 0 Å². The van der Waals surface area contributed by atoms with Gasteiger partial charge in [0.1, 0.15) is 5.82 Å². The van der Waals surface area contributed by atoms with Gasteiger partial charge in [0.05, 0.1) is 17.9 Å². The lowest BCUT2D eigenvalue weighted by molar-refractivity contribution is 0.0927. The lowest BCUT2D eigenvalue weighted by Gasteiger charge is -2.24. The molecule has 0 unspecified atom stereocenters. The third-order valence-corrected chi connectivity index (χ3v) is 4.01. The maximum atomic E-state index is 12.4. The topological polar surface area (TPSA) is 69.0 Å². The molecule has 0 aliphatic carbocycles. The van der Waals surface area contributed by atoms with Crippen LogP contribution in [0, 0.1) is 12.8 Å². The van der Waals surface area contributed by atoms with Crippen molar-refractivity contribution in [2.75, 3.05) is 6.61 Å². The Morgan fingerprint density at radius 3 is 3.00 bits per heavy atom. The first-order valence-corrected chi connectivity index (χ1v) is 8.43. The molecule has 2 aromatic rings. The van der Waals surface area contributed by atoms with Gasteiger partial charge in [0.25, 0.3) is 5.91 Å². The van der Waals surface area contributed by atoms with Gasteiger partial charge < -0.3 is 14.6 Å². The van der Waals surface area contributed by atoms with Crippen molar-refractivity contribution in [2.45, 2.75) is 46.2 Å². The molecule has 3 heterocycles. The molecule has 0 bridgehead atoms. The number of imidazole rings is 1. The highest BCUT2D eigenvalue weighted by molar-refractivity contribution is 5.94. The number of aryl methyl sites for hydroxylation is 2. The molecule has 0 spiro atoms. The molecule has 0 aromatic carbocycles. The van der Waals surface area contributed by atoms with E-state index in [0.717, 1.165) is 30.9 Å². The normalized spacial score (nSPS) is 16.8. The van der Waals surface area contributed by atoms with Crippen molar-refractivity contribution in [3.05, 3.63) is 41.6 Å². The van der Waals surface area contributed by atoms with Crippen molar-refractivity contribution in [3.63, 3.8) is 0 Å². The molecule has 0 saturated heterocycles. The fourth-order valence-corrected chi connectivity index (χ4v) is 2.82. The van der Waals surface area contributed by atoms with Gasteiger partial charge in [-0.05, 0) is 25.3 Å². The van der Waals surface area contributed by atoms with E-state index in [1.165, 1.54) is 0 Å². The maximum Gasteiger partial charge on any atom is 0.253 e. The summed E-state index contributed by atoms with van der Waals surface area (Å²) in [5, 5.41) is 3.09. The van der Waals surface area contributed by atoms with E-state index < -0.39 is 0 Å². The Kier molecular flexibility index (Phi) is 4.83. The molecule has 6 heteroatoms. The van der Waals surface area contributed by atoms with Crippen LogP contribution in [0.25, 0.3) is 0 Å². The zero-order valence-electron chi connectivity index (χ0n) is 14.5. The summed E-state index contributed by atoms with van der Waals surface area (Å²) in [5.74, 6) is 2.00. The van der Waals surface area contributed by atoms with E-state index in [-0.39, 0.29) is 11.9 Å². The molecule has 0 saturated carbocycles. The van der Waals surface area contributed by atoms with Crippen molar-refractivity contribution >= 4 is 5.91 Å². The molecule has 0 fully saturated rings. The molecular weight excluding hydrogens is 304 g/mol. The molecule has 1 amide bonds. The van der Waals surface area contributed by atoms with Gasteiger partial charge in [-0.2, -0.15) is 0 Å². The first-order chi connectivity index (χ1) is 11.5. The summed E-state index contributed by atoms with van der Waals surface area (Å²) in [7, 11) is 0. The number of hydrogen-bond donors (Lipinski definition) is 1. The predicted octanol–water partition coefficient (Wildman–Crippen LogP) is 2.37. The van der Waals surface area contributed by atoms with E-state index in [0.29, 0.717) is 24.0 Å². The lowest BCUT2D eigenvalue weighted by Crippen LogP contribution is -2.40. The average Bonchev–Trinajstić information content (AvgIpc) is 2.92. The molecule has 24 heavy (non-hydrogen) atoms. The third kappa shape index (κ3) is 3.93. The van der Waals surface area contributed by atoms with Crippen LogP contribution in [0.4, 0.5) is 0 Å². The number of nitrogens with one attached hydrogen (secondary N) is 1. The Balaban J connectivity index is 1.57. The highest BCUT2D eigenvalue weighted by Gasteiger charge is 2.21. The largest absolute Gasteiger partial charge is 0.477 e. The number of ether oxygens (including phenoxy) is 1. The first-order valence-electron chi connectivity index (χ1n) is 8.43. The zero-order valence-corrected chi connectivity index (χ0v) is 14.5. The highest BCUT2D eigenvalue weighted by Crippen LogP contribution is 2.16. The van der Waals surface area contributed by atoms with Crippen LogP contribution < -0.4 is 10.1 Å². The minimum atomic E-state index is -0.0943. The van der Waals surface area contributed by atoms with Gasteiger partial charge in [0.15, 0.2) is 0 Å². The molecule has 1 atom stereocenters. The molecule has 3 rings (SSSR count). The van der Waals surface area contributed by atoms with Gasteiger partial charge in [0, 0.05) is 37.5 Å². The second kappa shape index (κ2) is 7.03. The number of aromatic nitrogens is 3. The fraction of sp³-hybridized carbons (Fsp3) is 0.500. The molecule has 1 aliphatic heterocycles. The molecule has 128 valence electrons. The number of fused-ring (bicyclic) bond motifs is 1.